The fourth-order valence-corrected chi connectivity index (χ4v) is 2.11. The van der Waals surface area contributed by atoms with Crippen LogP contribution in [0, 0.1) is 6.92 Å². The molecule has 17 heavy (non-hydrogen) atoms. The molecule has 88 valence electrons. The van der Waals surface area contributed by atoms with Crippen LogP contribution in [-0.2, 0) is 17.8 Å². The number of nitrogens with zero attached hydrogens (tertiary/aromatic N) is 2. The van der Waals surface area contributed by atoms with Gasteiger partial charge in [0.2, 0.25) is 5.91 Å². The van der Waals surface area contributed by atoms with Gasteiger partial charge in [0.15, 0.2) is 0 Å². The topological polar surface area (TPSA) is 54.9 Å². The Balaban J connectivity index is 1.84. The van der Waals surface area contributed by atoms with Crippen LogP contribution in [0.25, 0.3) is 0 Å². The van der Waals surface area contributed by atoms with Gasteiger partial charge in [-0.3, -0.25) is 4.79 Å². The molecule has 0 atom stereocenters. The maximum absolute atomic E-state index is 11.6. The molecule has 0 aliphatic carbocycles. The molecule has 0 unspecified atom stereocenters. The Morgan fingerprint density at radius 2 is 2.35 bits per heavy atom. The number of hydrogen-bond donors (Lipinski definition) is 1. The summed E-state index contributed by atoms with van der Waals surface area (Å²) < 4.78 is 0. The fraction of sp³-hybridized carbons (Fsp3) is 0.250. The molecule has 0 saturated heterocycles. The number of aromatic nitrogens is 2. The van der Waals surface area contributed by atoms with E-state index in [0.29, 0.717) is 13.0 Å². The molecule has 5 heteroatoms. The number of carbonyl (C=O) groups is 1. The summed E-state index contributed by atoms with van der Waals surface area (Å²) in [6.07, 6.45) is 1.93. The van der Waals surface area contributed by atoms with Gasteiger partial charge in [-0.25, -0.2) is 9.97 Å². The summed E-state index contributed by atoms with van der Waals surface area (Å²) >= 11 is 1.60. The molecular weight excluding hydrogens is 234 g/mol. The van der Waals surface area contributed by atoms with Crippen molar-refractivity contribution in [3.05, 3.63) is 46.2 Å². The summed E-state index contributed by atoms with van der Waals surface area (Å²) in [4.78, 5) is 19.7. The van der Waals surface area contributed by atoms with Crippen molar-refractivity contribution in [2.75, 3.05) is 0 Å². The van der Waals surface area contributed by atoms with Crippen molar-refractivity contribution in [2.24, 2.45) is 0 Å². The third kappa shape index (κ3) is 3.64. The largest absolute Gasteiger partial charge is 0.350 e. The van der Waals surface area contributed by atoms with Crippen molar-refractivity contribution in [1.82, 2.24) is 15.3 Å². The molecule has 2 rings (SSSR count). The molecular formula is C12H13N3OS. The van der Waals surface area contributed by atoms with Crippen molar-refractivity contribution in [3.63, 3.8) is 0 Å². The minimum Gasteiger partial charge on any atom is -0.350 e. The maximum Gasteiger partial charge on any atom is 0.224 e. The van der Waals surface area contributed by atoms with Gasteiger partial charge < -0.3 is 5.32 Å². The van der Waals surface area contributed by atoms with E-state index >= 15 is 0 Å². The van der Waals surface area contributed by atoms with E-state index in [1.807, 2.05) is 29.8 Å². The lowest BCUT2D eigenvalue weighted by molar-refractivity contribution is -0.120. The van der Waals surface area contributed by atoms with Gasteiger partial charge in [-0.05, 0) is 35.4 Å². The van der Waals surface area contributed by atoms with Gasteiger partial charge in [0.1, 0.15) is 6.33 Å². The first kappa shape index (κ1) is 11.7. The first-order valence-corrected chi connectivity index (χ1v) is 6.23. The fourth-order valence-electron chi connectivity index (χ4n) is 1.44. The first-order chi connectivity index (χ1) is 8.24. The highest BCUT2D eigenvalue weighted by molar-refractivity contribution is 7.07. The predicted molar refractivity (Wildman–Crippen MR) is 66.6 cm³/mol. The highest BCUT2D eigenvalue weighted by atomic mass is 32.1. The average molecular weight is 247 g/mol. The molecule has 2 aromatic heterocycles. The molecule has 0 fully saturated rings. The van der Waals surface area contributed by atoms with E-state index in [1.165, 1.54) is 6.33 Å². The Kier molecular flexibility index (Phi) is 3.82. The zero-order chi connectivity index (χ0) is 12.1. The summed E-state index contributed by atoms with van der Waals surface area (Å²) in [7, 11) is 0. The molecule has 0 aliphatic heterocycles. The van der Waals surface area contributed by atoms with Gasteiger partial charge in [0, 0.05) is 5.69 Å². The molecule has 2 aromatic rings. The first-order valence-electron chi connectivity index (χ1n) is 5.29. The van der Waals surface area contributed by atoms with Gasteiger partial charge in [-0.2, -0.15) is 11.3 Å². The number of hydrogen-bond acceptors (Lipinski definition) is 4. The molecule has 1 N–H and O–H groups in total. The van der Waals surface area contributed by atoms with E-state index < -0.39 is 0 Å². The summed E-state index contributed by atoms with van der Waals surface area (Å²) in [6.45, 7) is 2.35. The Labute approximate surface area is 104 Å². The number of rotatable bonds is 4. The van der Waals surface area contributed by atoms with Crippen LogP contribution in [0.2, 0.25) is 0 Å². The number of amides is 1. The Morgan fingerprint density at radius 1 is 1.47 bits per heavy atom. The van der Waals surface area contributed by atoms with Gasteiger partial charge in [-0.1, -0.05) is 0 Å². The van der Waals surface area contributed by atoms with Gasteiger partial charge >= 0.3 is 0 Å². The van der Waals surface area contributed by atoms with Crippen molar-refractivity contribution in [1.29, 1.82) is 0 Å². The third-order valence-corrected chi connectivity index (χ3v) is 3.00. The zero-order valence-corrected chi connectivity index (χ0v) is 10.3. The predicted octanol–water partition coefficient (Wildman–Crippen LogP) is 1.71. The van der Waals surface area contributed by atoms with Crippen molar-refractivity contribution in [2.45, 2.75) is 19.9 Å². The van der Waals surface area contributed by atoms with Crippen LogP contribution in [-0.4, -0.2) is 15.9 Å². The number of nitrogens with one attached hydrogen (secondary N) is 1. The van der Waals surface area contributed by atoms with Crippen molar-refractivity contribution < 1.29 is 4.79 Å². The molecule has 0 aromatic carbocycles. The quantitative estimate of drug-likeness (QED) is 0.894. The minimum atomic E-state index is 0.0136. The molecule has 0 radical (unpaired) electrons. The molecule has 0 bridgehead atoms. The SMILES string of the molecule is Cc1cc(CNC(=O)Cc2ccsc2)ncn1. The monoisotopic (exact) mass is 247 g/mol. The van der Waals surface area contributed by atoms with E-state index in [9.17, 15) is 4.79 Å². The Morgan fingerprint density at radius 3 is 3.06 bits per heavy atom. The number of carbonyl (C=O) groups excluding carboxylic acids is 1. The van der Waals surface area contributed by atoms with Gasteiger partial charge in [-0.15, -0.1) is 0 Å². The van der Waals surface area contributed by atoms with E-state index in [-0.39, 0.29) is 5.91 Å². The summed E-state index contributed by atoms with van der Waals surface area (Å²) in [6, 6.07) is 3.82. The summed E-state index contributed by atoms with van der Waals surface area (Å²) in [5.74, 6) is 0.0136. The van der Waals surface area contributed by atoms with Crippen LogP contribution in [0.15, 0.2) is 29.2 Å². The van der Waals surface area contributed by atoms with Gasteiger partial charge in [0.25, 0.3) is 0 Å². The second kappa shape index (κ2) is 5.54. The molecule has 4 nitrogen and oxygen atoms in total. The van der Waals surface area contributed by atoms with E-state index in [4.69, 9.17) is 0 Å². The standard InChI is InChI=1S/C12H13N3OS/c1-9-4-11(15-8-14-9)6-13-12(16)5-10-2-3-17-7-10/h2-4,7-8H,5-6H2,1H3,(H,13,16). The second-order valence-corrected chi connectivity index (χ2v) is 4.52. The summed E-state index contributed by atoms with van der Waals surface area (Å²) in [5, 5.41) is 6.79. The van der Waals surface area contributed by atoms with Crippen LogP contribution < -0.4 is 5.32 Å². The third-order valence-electron chi connectivity index (χ3n) is 2.27. The maximum atomic E-state index is 11.6. The molecule has 2 heterocycles. The van der Waals surface area contributed by atoms with E-state index in [0.717, 1.165) is 17.0 Å². The van der Waals surface area contributed by atoms with Crippen LogP contribution in [0.1, 0.15) is 17.0 Å². The zero-order valence-electron chi connectivity index (χ0n) is 9.51. The molecule has 0 saturated carbocycles. The van der Waals surface area contributed by atoms with Crippen LogP contribution in [0.4, 0.5) is 0 Å². The van der Waals surface area contributed by atoms with E-state index in [1.54, 1.807) is 11.3 Å². The molecule has 0 spiro atoms. The van der Waals surface area contributed by atoms with Crippen LogP contribution >= 0.6 is 11.3 Å². The van der Waals surface area contributed by atoms with Gasteiger partial charge in [0.05, 0.1) is 18.7 Å². The lowest BCUT2D eigenvalue weighted by Gasteiger charge is -2.04. The lowest BCUT2D eigenvalue weighted by Crippen LogP contribution is -2.24. The number of thiophene rings is 1. The highest BCUT2D eigenvalue weighted by Gasteiger charge is 2.04. The van der Waals surface area contributed by atoms with Crippen molar-refractivity contribution >= 4 is 17.2 Å². The second-order valence-electron chi connectivity index (χ2n) is 3.74. The van der Waals surface area contributed by atoms with E-state index in [2.05, 4.69) is 15.3 Å². The highest BCUT2D eigenvalue weighted by Crippen LogP contribution is 2.06. The average Bonchev–Trinajstić information content (AvgIpc) is 2.79. The Bertz CT molecular complexity index is 496. The lowest BCUT2D eigenvalue weighted by atomic mass is 10.2. The molecule has 0 aliphatic rings. The van der Waals surface area contributed by atoms with Crippen LogP contribution in [0.3, 0.4) is 0 Å². The normalized spacial score (nSPS) is 10.2. The van der Waals surface area contributed by atoms with Crippen LogP contribution in [0.5, 0.6) is 0 Å². The Hall–Kier alpha value is -1.75. The smallest absolute Gasteiger partial charge is 0.224 e. The van der Waals surface area contributed by atoms with Crippen molar-refractivity contribution in [3.8, 4) is 0 Å². The number of aryl methyl sites for hydroxylation is 1. The minimum absolute atomic E-state index is 0.0136. The molecule has 1 amide bonds. The summed E-state index contributed by atoms with van der Waals surface area (Å²) in [5.41, 5.74) is 2.78.